The summed E-state index contributed by atoms with van der Waals surface area (Å²) >= 11 is 6.46. The molecule has 2 aliphatic heterocycles. The van der Waals surface area contributed by atoms with E-state index >= 15 is 0 Å². The number of ether oxygens (including phenoxy) is 1. The van der Waals surface area contributed by atoms with Crippen LogP contribution in [0.2, 0.25) is 5.02 Å². The molecular weight excluding hydrogens is 496 g/mol. The summed E-state index contributed by atoms with van der Waals surface area (Å²) in [7, 11) is 5.35. The van der Waals surface area contributed by atoms with E-state index in [1.807, 2.05) is 18.2 Å². The van der Waals surface area contributed by atoms with Crippen molar-refractivity contribution in [2.75, 3.05) is 70.2 Å². The number of halogens is 1. The molecule has 2 fully saturated rings. The topological polar surface area (TPSA) is 108 Å². The van der Waals surface area contributed by atoms with Crippen LogP contribution in [0.15, 0.2) is 35.3 Å². The largest absolute Gasteiger partial charge is 0.478 e. The number of benzene rings is 1. The SMILES string of the molecule is CNC(=O)COc1cc2cc(Nc3nc(N4CCN5CCN(C)CC5C4)ncc3Cl)ccc2n(C)c1=O. The predicted molar refractivity (Wildman–Crippen MR) is 144 cm³/mol. The molecule has 2 N–H and O–H groups in total. The van der Waals surface area contributed by atoms with Crippen LogP contribution in [0.4, 0.5) is 17.5 Å². The van der Waals surface area contributed by atoms with Crippen molar-refractivity contribution in [3.05, 3.63) is 45.8 Å². The Hall–Kier alpha value is -3.41. The van der Waals surface area contributed by atoms with Crippen molar-refractivity contribution in [2.24, 2.45) is 7.05 Å². The number of likely N-dealkylation sites (N-methyl/N-ethyl adjacent to an activating group) is 2. The smallest absolute Gasteiger partial charge is 0.293 e. The van der Waals surface area contributed by atoms with E-state index in [-0.39, 0.29) is 23.8 Å². The summed E-state index contributed by atoms with van der Waals surface area (Å²) < 4.78 is 6.96. The fourth-order valence-corrected chi connectivity index (χ4v) is 5.02. The standard InChI is InChI=1S/C25H31ClN8O3/c1-27-22(35)15-37-21-11-16-10-17(4-5-20(16)32(3)24(21)36)29-23-19(26)12-28-25(30-23)34-9-8-33-7-6-31(2)13-18(33)14-34/h4-5,10-12,18H,6-9,13-15H2,1-3H3,(H,27,35)(H,28,29,30). The Labute approximate surface area is 220 Å². The molecule has 1 atom stereocenters. The summed E-state index contributed by atoms with van der Waals surface area (Å²) in [5.74, 6) is 0.942. The number of amides is 1. The van der Waals surface area contributed by atoms with Gasteiger partial charge in [-0.05, 0) is 31.3 Å². The van der Waals surface area contributed by atoms with Gasteiger partial charge in [0.05, 0.1) is 11.7 Å². The Bertz CT molecular complexity index is 1380. The van der Waals surface area contributed by atoms with Crippen LogP contribution in [-0.4, -0.2) is 96.3 Å². The van der Waals surface area contributed by atoms with Gasteiger partial charge in [0.2, 0.25) is 5.95 Å². The first kappa shape index (κ1) is 25.2. The highest BCUT2D eigenvalue weighted by Gasteiger charge is 2.32. The highest BCUT2D eigenvalue weighted by Crippen LogP contribution is 2.28. The number of piperazine rings is 2. The minimum atomic E-state index is -0.316. The third-order valence-corrected chi connectivity index (χ3v) is 7.28. The Morgan fingerprint density at radius 2 is 1.97 bits per heavy atom. The summed E-state index contributed by atoms with van der Waals surface area (Å²) in [5.41, 5.74) is 1.16. The number of hydrogen-bond acceptors (Lipinski definition) is 9. The molecular formula is C25H31ClN8O3. The van der Waals surface area contributed by atoms with E-state index in [1.165, 1.54) is 11.6 Å². The summed E-state index contributed by atoms with van der Waals surface area (Å²) in [5, 5.41) is 6.95. The summed E-state index contributed by atoms with van der Waals surface area (Å²) in [6.07, 6.45) is 1.63. The van der Waals surface area contributed by atoms with Gasteiger partial charge < -0.3 is 29.7 Å². The number of carbonyl (C=O) groups is 1. The predicted octanol–water partition coefficient (Wildman–Crippen LogP) is 1.29. The van der Waals surface area contributed by atoms with Crippen molar-refractivity contribution in [1.82, 2.24) is 29.7 Å². The number of fused-ring (bicyclic) bond motifs is 2. The number of nitrogens with one attached hydrogen (secondary N) is 2. The third-order valence-electron chi connectivity index (χ3n) is 7.00. The van der Waals surface area contributed by atoms with Gasteiger partial charge in [0.25, 0.3) is 11.5 Å². The van der Waals surface area contributed by atoms with E-state index in [0.717, 1.165) is 55.9 Å². The Morgan fingerprint density at radius 3 is 2.78 bits per heavy atom. The third kappa shape index (κ3) is 5.34. The molecule has 12 heteroatoms. The molecule has 1 aromatic carbocycles. The molecule has 11 nitrogen and oxygen atoms in total. The number of aryl methyl sites for hydroxylation is 1. The van der Waals surface area contributed by atoms with E-state index < -0.39 is 0 Å². The van der Waals surface area contributed by atoms with Gasteiger partial charge >= 0.3 is 0 Å². The molecule has 1 unspecified atom stereocenters. The lowest BCUT2D eigenvalue weighted by Crippen LogP contribution is -2.61. The Kier molecular flexibility index (Phi) is 7.18. The quantitative estimate of drug-likeness (QED) is 0.491. The number of aromatic nitrogens is 3. The highest BCUT2D eigenvalue weighted by molar-refractivity contribution is 6.32. The first-order valence-corrected chi connectivity index (χ1v) is 12.6. The van der Waals surface area contributed by atoms with Crippen molar-refractivity contribution in [3.63, 3.8) is 0 Å². The van der Waals surface area contributed by atoms with Gasteiger partial charge in [0.15, 0.2) is 18.2 Å². The second kappa shape index (κ2) is 10.5. The molecule has 2 aliphatic rings. The molecule has 5 rings (SSSR count). The number of carbonyl (C=O) groups excluding carboxylic acids is 1. The Balaban J connectivity index is 1.38. The van der Waals surface area contributed by atoms with Gasteiger partial charge in [0.1, 0.15) is 5.02 Å². The van der Waals surface area contributed by atoms with Crippen LogP contribution in [0.25, 0.3) is 10.9 Å². The lowest BCUT2D eigenvalue weighted by atomic mass is 10.1. The van der Waals surface area contributed by atoms with E-state index in [0.29, 0.717) is 22.8 Å². The van der Waals surface area contributed by atoms with Crippen LogP contribution < -0.4 is 25.8 Å². The molecule has 1 amide bonds. The molecule has 3 aromatic rings. The second-order valence-corrected chi connectivity index (χ2v) is 9.91. The zero-order valence-corrected chi connectivity index (χ0v) is 22.0. The minimum Gasteiger partial charge on any atom is -0.478 e. The average Bonchev–Trinajstić information content (AvgIpc) is 2.90. The maximum Gasteiger partial charge on any atom is 0.293 e. The molecule has 0 bridgehead atoms. The van der Waals surface area contributed by atoms with Crippen molar-refractivity contribution in [2.45, 2.75) is 6.04 Å². The highest BCUT2D eigenvalue weighted by atomic mass is 35.5. The van der Waals surface area contributed by atoms with Crippen molar-refractivity contribution in [1.29, 1.82) is 0 Å². The van der Waals surface area contributed by atoms with Gasteiger partial charge in [-0.3, -0.25) is 14.5 Å². The van der Waals surface area contributed by atoms with Gasteiger partial charge in [-0.1, -0.05) is 11.6 Å². The first-order valence-electron chi connectivity index (χ1n) is 12.3. The molecule has 2 aromatic heterocycles. The number of anilines is 3. The van der Waals surface area contributed by atoms with Crippen LogP contribution in [0.3, 0.4) is 0 Å². The lowest BCUT2D eigenvalue weighted by Gasteiger charge is -2.46. The molecule has 0 spiro atoms. The van der Waals surface area contributed by atoms with Crippen LogP contribution in [0.5, 0.6) is 5.75 Å². The zero-order chi connectivity index (χ0) is 26.1. The number of rotatable bonds is 6. The monoisotopic (exact) mass is 526 g/mol. The van der Waals surface area contributed by atoms with E-state index in [1.54, 1.807) is 19.3 Å². The molecule has 2 saturated heterocycles. The van der Waals surface area contributed by atoms with Crippen molar-refractivity contribution >= 4 is 45.9 Å². The first-order chi connectivity index (χ1) is 17.8. The van der Waals surface area contributed by atoms with Crippen LogP contribution in [-0.2, 0) is 11.8 Å². The maximum atomic E-state index is 12.6. The van der Waals surface area contributed by atoms with Crippen LogP contribution >= 0.6 is 11.6 Å². The minimum absolute atomic E-state index is 0.102. The lowest BCUT2D eigenvalue weighted by molar-refractivity contribution is -0.122. The van der Waals surface area contributed by atoms with Gasteiger partial charge in [0, 0.05) is 70.5 Å². The number of nitrogens with zero attached hydrogens (tertiary/aromatic N) is 6. The van der Waals surface area contributed by atoms with Crippen LogP contribution in [0, 0.1) is 0 Å². The summed E-state index contributed by atoms with van der Waals surface area (Å²) in [6.45, 7) is 5.71. The number of pyridine rings is 1. The molecule has 196 valence electrons. The van der Waals surface area contributed by atoms with Crippen molar-refractivity contribution in [3.8, 4) is 5.75 Å². The zero-order valence-electron chi connectivity index (χ0n) is 21.2. The van der Waals surface area contributed by atoms with E-state index in [2.05, 4.69) is 37.4 Å². The van der Waals surface area contributed by atoms with E-state index in [9.17, 15) is 9.59 Å². The molecule has 37 heavy (non-hydrogen) atoms. The fourth-order valence-electron chi connectivity index (χ4n) is 4.88. The fraction of sp³-hybridized carbons (Fsp3) is 0.440. The molecule has 0 saturated carbocycles. The summed E-state index contributed by atoms with van der Waals surface area (Å²) in [6, 6.07) is 7.68. The van der Waals surface area contributed by atoms with Crippen molar-refractivity contribution < 1.29 is 9.53 Å². The normalized spacial score (nSPS) is 18.5. The van der Waals surface area contributed by atoms with Gasteiger partial charge in [-0.15, -0.1) is 0 Å². The summed E-state index contributed by atoms with van der Waals surface area (Å²) in [4.78, 5) is 40.6. The van der Waals surface area contributed by atoms with Gasteiger partial charge in [-0.2, -0.15) is 4.98 Å². The van der Waals surface area contributed by atoms with Crippen LogP contribution in [0.1, 0.15) is 0 Å². The van der Waals surface area contributed by atoms with Gasteiger partial charge in [-0.25, -0.2) is 4.98 Å². The average molecular weight is 527 g/mol. The number of hydrogen-bond donors (Lipinski definition) is 2. The molecule has 4 heterocycles. The molecule has 0 aliphatic carbocycles. The maximum absolute atomic E-state index is 12.6. The Morgan fingerprint density at radius 1 is 1.16 bits per heavy atom. The van der Waals surface area contributed by atoms with E-state index in [4.69, 9.17) is 21.3 Å². The molecule has 0 radical (unpaired) electrons. The second-order valence-electron chi connectivity index (χ2n) is 9.50.